The number of carbonyl (C=O) groups excluding carboxylic acids is 1. The fourth-order valence-electron chi connectivity index (χ4n) is 2.45. The Bertz CT molecular complexity index is 563. The van der Waals surface area contributed by atoms with E-state index in [0.29, 0.717) is 5.92 Å². The number of amides is 1. The molecule has 1 aromatic carbocycles. The SMILES string of the molecule is CC(C)c1ccc(C2CC2C(=O)NCC(C)(O)C(=O)O)cc1. The second kappa shape index (κ2) is 6.08. The van der Waals surface area contributed by atoms with Gasteiger partial charge in [0.1, 0.15) is 0 Å². The highest BCUT2D eigenvalue weighted by Gasteiger charge is 2.44. The lowest BCUT2D eigenvalue weighted by Crippen LogP contribution is -2.47. The van der Waals surface area contributed by atoms with Gasteiger partial charge in [0.25, 0.3) is 0 Å². The van der Waals surface area contributed by atoms with Crippen LogP contribution in [0.2, 0.25) is 0 Å². The zero-order chi connectivity index (χ0) is 16.5. The molecule has 1 aromatic rings. The molecule has 1 saturated carbocycles. The third-order valence-corrected chi connectivity index (χ3v) is 4.23. The Morgan fingerprint density at radius 3 is 2.41 bits per heavy atom. The van der Waals surface area contributed by atoms with Crippen molar-refractivity contribution in [3.8, 4) is 0 Å². The van der Waals surface area contributed by atoms with Gasteiger partial charge in [-0.25, -0.2) is 4.79 Å². The van der Waals surface area contributed by atoms with Crippen LogP contribution in [0.15, 0.2) is 24.3 Å². The minimum absolute atomic E-state index is 0.130. The lowest BCUT2D eigenvalue weighted by atomic mass is 10.00. The van der Waals surface area contributed by atoms with E-state index < -0.39 is 11.6 Å². The number of hydrogen-bond donors (Lipinski definition) is 3. The molecule has 0 heterocycles. The first-order valence-corrected chi connectivity index (χ1v) is 7.55. The van der Waals surface area contributed by atoms with Crippen molar-refractivity contribution >= 4 is 11.9 Å². The molecular weight excluding hydrogens is 282 g/mol. The van der Waals surface area contributed by atoms with Gasteiger partial charge < -0.3 is 15.5 Å². The summed E-state index contributed by atoms with van der Waals surface area (Å²) in [6.07, 6.45) is 0.766. The fourth-order valence-corrected chi connectivity index (χ4v) is 2.45. The molecule has 0 aromatic heterocycles. The van der Waals surface area contributed by atoms with Crippen LogP contribution in [-0.4, -0.2) is 34.2 Å². The lowest BCUT2D eigenvalue weighted by molar-refractivity contribution is -0.156. The number of hydrogen-bond acceptors (Lipinski definition) is 3. The molecule has 1 fully saturated rings. The third-order valence-electron chi connectivity index (χ3n) is 4.23. The van der Waals surface area contributed by atoms with Crippen molar-refractivity contribution < 1.29 is 19.8 Å². The summed E-state index contributed by atoms with van der Waals surface area (Å²) in [5.41, 5.74) is 0.469. The molecular formula is C17H23NO4. The summed E-state index contributed by atoms with van der Waals surface area (Å²) in [6, 6.07) is 8.28. The summed E-state index contributed by atoms with van der Waals surface area (Å²) in [4.78, 5) is 22.8. The molecule has 0 saturated heterocycles. The zero-order valence-corrected chi connectivity index (χ0v) is 13.2. The van der Waals surface area contributed by atoms with E-state index >= 15 is 0 Å². The van der Waals surface area contributed by atoms with Gasteiger partial charge in [0, 0.05) is 5.92 Å². The highest BCUT2D eigenvalue weighted by molar-refractivity contribution is 5.84. The van der Waals surface area contributed by atoms with Crippen LogP contribution >= 0.6 is 0 Å². The van der Waals surface area contributed by atoms with Crippen molar-refractivity contribution in [3.63, 3.8) is 0 Å². The fraction of sp³-hybridized carbons (Fsp3) is 0.529. The topological polar surface area (TPSA) is 86.6 Å². The molecule has 3 N–H and O–H groups in total. The predicted octanol–water partition coefficient (Wildman–Crippen LogP) is 1.87. The summed E-state index contributed by atoms with van der Waals surface area (Å²) >= 11 is 0. The smallest absolute Gasteiger partial charge is 0.337 e. The molecule has 5 heteroatoms. The zero-order valence-electron chi connectivity index (χ0n) is 13.2. The van der Waals surface area contributed by atoms with Gasteiger partial charge in [0.2, 0.25) is 5.91 Å². The van der Waals surface area contributed by atoms with Gasteiger partial charge in [0.05, 0.1) is 6.54 Å². The van der Waals surface area contributed by atoms with Gasteiger partial charge in [-0.05, 0) is 36.3 Å². The average Bonchev–Trinajstić information content (AvgIpc) is 3.25. The molecule has 0 radical (unpaired) electrons. The maximum absolute atomic E-state index is 12.0. The van der Waals surface area contributed by atoms with E-state index in [2.05, 4.69) is 43.4 Å². The van der Waals surface area contributed by atoms with Gasteiger partial charge in [-0.1, -0.05) is 38.1 Å². The van der Waals surface area contributed by atoms with Crippen LogP contribution in [0, 0.1) is 5.92 Å². The van der Waals surface area contributed by atoms with E-state index in [1.165, 1.54) is 12.5 Å². The molecule has 1 aliphatic carbocycles. The molecule has 5 nitrogen and oxygen atoms in total. The van der Waals surface area contributed by atoms with Crippen molar-refractivity contribution in [2.75, 3.05) is 6.54 Å². The van der Waals surface area contributed by atoms with E-state index in [4.69, 9.17) is 5.11 Å². The maximum Gasteiger partial charge on any atom is 0.337 e. The van der Waals surface area contributed by atoms with E-state index in [1.54, 1.807) is 0 Å². The Kier molecular flexibility index (Phi) is 4.56. The van der Waals surface area contributed by atoms with Crippen molar-refractivity contribution in [2.24, 2.45) is 5.92 Å². The van der Waals surface area contributed by atoms with Crippen LogP contribution in [0.5, 0.6) is 0 Å². The lowest BCUT2D eigenvalue weighted by Gasteiger charge is -2.18. The van der Waals surface area contributed by atoms with Crippen LogP contribution in [0.25, 0.3) is 0 Å². The van der Waals surface area contributed by atoms with E-state index in [9.17, 15) is 14.7 Å². The van der Waals surface area contributed by atoms with Crippen molar-refractivity contribution in [2.45, 2.75) is 44.6 Å². The first-order chi connectivity index (χ1) is 10.2. The monoisotopic (exact) mass is 305 g/mol. The van der Waals surface area contributed by atoms with Crippen LogP contribution in [0.4, 0.5) is 0 Å². The van der Waals surface area contributed by atoms with Crippen LogP contribution in [0.1, 0.15) is 50.2 Å². The third kappa shape index (κ3) is 3.65. The number of aliphatic carboxylic acids is 1. The molecule has 0 spiro atoms. The highest BCUT2D eigenvalue weighted by atomic mass is 16.4. The quantitative estimate of drug-likeness (QED) is 0.749. The van der Waals surface area contributed by atoms with Gasteiger partial charge >= 0.3 is 5.97 Å². The summed E-state index contributed by atoms with van der Waals surface area (Å²) in [5.74, 6) is -1.00. The van der Waals surface area contributed by atoms with Crippen LogP contribution < -0.4 is 5.32 Å². The first kappa shape index (κ1) is 16.5. The number of carboxylic acid groups (broad SMARTS) is 1. The number of carboxylic acids is 1. The van der Waals surface area contributed by atoms with Gasteiger partial charge in [-0.15, -0.1) is 0 Å². The minimum atomic E-state index is -1.93. The molecule has 22 heavy (non-hydrogen) atoms. The molecule has 3 atom stereocenters. The Morgan fingerprint density at radius 2 is 1.91 bits per heavy atom. The molecule has 1 amide bonds. The molecule has 0 aliphatic heterocycles. The van der Waals surface area contributed by atoms with Gasteiger partial charge in [-0.3, -0.25) is 4.79 Å². The molecule has 1 aliphatic rings. The van der Waals surface area contributed by atoms with E-state index in [1.807, 2.05) is 0 Å². The predicted molar refractivity (Wildman–Crippen MR) is 82.6 cm³/mol. The maximum atomic E-state index is 12.0. The first-order valence-electron chi connectivity index (χ1n) is 7.55. The van der Waals surface area contributed by atoms with Crippen LogP contribution in [0.3, 0.4) is 0 Å². The Labute approximate surface area is 130 Å². The summed E-state index contributed by atoms with van der Waals surface area (Å²) in [5, 5.41) is 20.9. The summed E-state index contributed by atoms with van der Waals surface area (Å²) in [7, 11) is 0. The number of benzene rings is 1. The largest absolute Gasteiger partial charge is 0.479 e. The molecule has 120 valence electrons. The minimum Gasteiger partial charge on any atom is -0.479 e. The summed E-state index contributed by atoms with van der Waals surface area (Å²) in [6.45, 7) is 5.16. The van der Waals surface area contributed by atoms with Crippen molar-refractivity contribution in [1.29, 1.82) is 0 Å². The molecule has 2 rings (SSSR count). The number of rotatable bonds is 6. The Hall–Kier alpha value is -1.88. The second-order valence-corrected chi connectivity index (χ2v) is 6.57. The molecule has 3 unspecified atom stereocenters. The molecule has 0 bridgehead atoms. The normalized spacial score (nSPS) is 23.0. The number of nitrogens with one attached hydrogen (secondary N) is 1. The van der Waals surface area contributed by atoms with Gasteiger partial charge in [0.15, 0.2) is 5.60 Å². The van der Waals surface area contributed by atoms with Gasteiger partial charge in [-0.2, -0.15) is 0 Å². The van der Waals surface area contributed by atoms with E-state index in [-0.39, 0.29) is 24.3 Å². The summed E-state index contributed by atoms with van der Waals surface area (Å²) < 4.78 is 0. The van der Waals surface area contributed by atoms with Crippen molar-refractivity contribution in [1.82, 2.24) is 5.32 Å². The standard InChI is InChI=1S/C17H23NO4/c1-10(2)11-4-6-12(7-5-11)13-8-14(13)15(19)18-9-17(3,22)16(20)21/h4-7,10,13-14,22H,8-9H2,1-3H3,(H,18,19)(H,20,21). The van der Waals surface area contributed by atoms with Crippen molar-refractivity contribution in [3.05, 3.63) is 35.4 Å². The number of aliphatic hydroxyl groups is 1. The average molecular weight is 305 g/mol. The van der Waals surface area contributed by atoms with Crippen LogP contribution in [-0.2, 0) is 9.59 Å². The van der Waals surface area contributed by atoms with E-state index in [0.717, 1.165) is 12.0 Å². The Morgan fingerprint density at radius 1 is 1.32 bits per heavy atom. The highest BCUT2D eigenvalue weighted by Crippen LogP contribution is 2.47. The number of carbonyl (C=O) groups is 2. The Balaban J connectivity index is 1.89. The second-order valence-electron chi connectivity index (χ2n) is 6.57.